The zero-order valence-electron chi connectivity index (χ0n) is 28.0. The van der Waals surface area contributed by atoms with Crippen LogP contribution in [0.3, 0.4) is 0 Å². The Labute approximate surface area is 289 Å². The maximum atomic E-state index is 13.5. The van der Waals surface area contributed by atoms with Crippen molar-refractivity contribution in [3.63, 3.8) is 0 Å². The van der Waals surface area contributed by atoms with E-state index in [4.69, 9.17) is 16.3 Å². The van der Waals surface area contributed by atoms with Crippen LogP contribution < -0.4 is 20.7 Å². The third kappa shape index (κ3) is 7.46. The van der Waals surface area contributed by atoms with Crippen molar-refractivity contribution in [2.24, 2.45) is 7.05 Å². The first-order valence-corrected chi connectivity index (χ1v) is 16.7. The summed E-state index contributed by atoms with van der Waals surface area (Å²) in [7, 11) is 5.40. The highest BCUT2D eigenvalue weighted by atomic mass is 35.5. The van der Waals surface area contributed by atoms with Gasteiger partial charge in [0.25, 0.3) is 11.8 Å². The maximum absolute atomic E-state index is 13.5. The summed E-state index contributed by atoms with van der Waals surface area (Å²) in [5.74, 6) is -2.56. The number of aromatic nitrogens is 3. The largest absolute Gasteiger partial charge is 0.496 e. The predicted molar refractivity (Wildman–Crippen MR) is 186 cm³/mol. The third-order valence-corrected chi connectivity index (χ3v) is 9.87. The normalized spacial score (nSPS) is 16.2. The van der Waals surface area contributed by atoms with Gasteiger partial charge in [-0.1, -0.05) is 35.9 Å². The fourth-order valence-electron chi connectivity index (χ4n) is 6.54. The molecule has 1 saturated carbocycles. The van der Waals surface area contributed by atoms with E-state index in [1.54, 1.807) is 24.4 Å². The van der Waals surface area contributed by atoms with Gasteiger partial charge in [0.1, 0.15) is 11.4 Å². The molecule has 0 radical (unpaired) electrons. The van der Waals surface area contributed by atoms with E-state index in [0.29, 0.717) is 59.5 Å². The topological polar surface area (TPSA) is 113 Å². The molecule has 1 aliphatic heterocycles. The van der Waals surface area contributed by atoms with Gasteiger partial charge in [-0.05, 0) is 50.1 Å². The summed E-state index contributed by atoms with van der Waals surface area (Å²) < 4.78 is 34.5. The van der Waals surface area contributed by atoms with Gasteiger partial charge in [0, 0.05) is 86.8 Å². The minimum atomic E-state index is -2.59. The summed E-state index contributed by atoms with van der Waals surface area (Å²) in [6.45, 7) is 3.87. The van der Waals surface area contributed by atoms with Crippen LogP contribution in [-0.4, -0.2) is 63.9 Å². The second-order valence-electron chi connectivity index (χ2n) is 12.8. The molecule has 3 N–H and O–H groups in total. The number of ether oxygens (including phenoxy) is 1. The number of imidazole rings is 1. The van der Waals surface area contributed by atoms with Crippen LogP contribution in [0.2, 0.25) is 5.02 Å². The number of anilines is 2. The van der Waals surface area contributed by atoms with Crippen LogP contribution >= 0.6 is 11.6 Å². The molecule has 258 valence electrons. The van der Waals surface area contributed by atoms with Crippen LogP contribution in [0.25, 0.3) is 11.1 Å². The summed E-state index contributed by atoms with van der Waals surface area (Å²) >= 11 is 6.90. The number of nitrogens with zero attached hydrogens (tertiary/aromatic N) is 4. The second kappa shape index (κ2) is 14.2. The van der Waals surface area contributed by atoms with Gasteiger partial charge in [-0.25, -0.2) is 13.8 Å². The van der Waals surface area contributed by atoms with Gasteiger partial charge < -0.3 is 30.2 Å². The smallest absolute Gasteiger partial charge is 0.291 e. The lowest BCUT2D eigenvalue weighted by atomic mass is 9.92. The Morgan fingerprint density at radius 3 is 2.47 bits per heavy atom. The first-order valence-electron chi connectivity index (χ1n) is 16.3. The summed E-state index contributed by atoms with van der Waals surface area (Å²) in [5.41, 5.74) is 6.11. The number of benzene rings is 2. The maximum Gasteiger partial charge on any atom is 0.291 e. The van der Waals surface area contributed by atoms with Crippen molar-refractivity contribution in [1.29, 1.82) is 0 Å². The molecule has 6 rings (SSSR count). The molecule has 0 spiro atoms. The molecule has 2 aromatic carbocycles. The van der Waals surface area contributed by atoms with Crippen LogP contribution in [0.5, 0.6) is 5.75 Å². The highest BCUT2D eigenvalue weighted by molar-refractivity contribution is 6.36. The number of amides is 2. The molecule has 2 amide bonds. The van der Waals surface area contributed by atoms with E-state index in [2.05, 4.69) is 30.8 Å². The van der Waals surface area contributed by atoms with E-state index >= 15 is 0 Å². The molecule has 0 saturated heterocycles. The second-order valence-corrected chi connectivity index (χ2v) is 13.2. The lowest BCUT2D eigenvalue weighted by Crippen LogP contribution is -2.36. The lowest BCUT2D eigenvalue weighted by Gasteiger charge is -2.29. The molecule has 1 aliphatic carbocycles. The summed E-state index contributed by atoms with van der Waals surface area (Å²) in [6.07, 6.45) is 2.94. The van der Waals surface area contributed by atoms with Gasteiger partial charge in [-0.2, -0.15) is 0 Å². The van der Waals surface area contributed by atoms with Crippen molar-refractivity contribution < 1.29 is 23.1 Å². The fraction of sp³-hybridized carbons (Fsp3) is 0.389. The molecule has 0 atom stereocenters. The van der Waals surface area contributed by atoms with E-state index in [-0.39, 0.29) is 30.5 Å². The number of pyridine rings is 1. The van der Waals surface area contributed by atoms with Crippen molar-refractivity contribution in [2.75, 3.05) is 31.3 Å². The zero-order valence-corrected chi connectivity index (χ0v) is 28.8. The summed E-state index contributed by atoms with van der Waals surface area (Å²) in [5, 5.41) is 9.56. The van der Waals surface area contributed by atoms with E-state index in [0.717, 1.165) is 41.0 Å². The van der Waals surface area contributed by atoms with Crippen LogP contribution in [0.4, 0.5) is 20.2 Å². The Morgan fingerprint density at radius 1 is 1.04 bits per heavy atom. The van der Waals surface area contributed by atoms with Gasteiger partial charge in [0.2, 0.25) is 5.92 Å². The molecule has 49 heavy (non-hydrogen) atoms. The number of carbonyl (C=O) groups excluding carboxylic acids is 2. The van der Waals surface area contributed by atoms with E-state index < -0.39 is 11.8 Å². The molecular weight excluding hydrogens is 652 g/mol. The van der Waals surface area contributed by atoms with Gasteiger partial charge in [-0.3, -0.25) is 14.6 Å². The Hall–Kier alpha value is -4.39. The number of nitrogens with one attached hydrogen (secondary N) is 3. The quantitative estimate of drug-likeness (QED) is 0.181. The van der Waals surface area contributed by atoms with Gasteiger partial charge >= 0.3 is 0 Å². The molecule has 4 aromatic rings. The monoisotopic (exact) mass is 691 g/mol. The number of hydrogen-bond donors (Lipinski definition) is 3. The molecule has 10 nitrogen and oxygen atoms in total. The number of carbonyl (C=O) groups is 2. The summed E-state index contributed by atoms with van der Waals surface area (Å²) in [6, 6.07) is 12.5. The lowest BCUT2D eigenvalue weighted by molar-refractivity contribution is -0.0405. The minimum absolute atomic E-state index is 0.0125. The number of rotatable bonds is 9. The molecule has 13 heteroatoms. The van der Waals surface area contributed by atoms with Crippen molar-refractivity contribution >= 4 is 34.8 Å². The molecule has 2 aliphatic rings. The average molecular weight is 692 g/mol. The third-order valence-electron chi connectivity index (χ3n) is 9.46. The van der Waals surface area contributed by atoms with Crippen LogP contribution in [0.1, 0.15) is 69.3 Å². The van der Waals surface area contributed by atoms with Crippen molar-refractivity contribution in [2.45, 2.75) is 64.1 Å². The SMILES string of the molecule is COc1cc(C(=O)Nc2cccc(-c3cccc(NC(=O)c4nc5c(n4C)CCN(C)C5)c3Cl)c2C)ncc1CNC1CCC(F)(F)CC1. The van der Waals surface area contributed by atoms with Crippen LogP contribution in [0, 0.1) is 6.92 Å². The van der Waals surface area contributed by atoms with E-state index in [1.807, 2.05) is 49.9 Å². The fourth-order valence-corrected chi connectivity index (χ4v) is 6.81. The van der Waals surface area contributed by atoms with E-state index in [1.165, 1.54) is 7.11 Å². The number of likely N-dealkylation sites (N-methyl/N-ethyl adjacent to an activating group) is 1. The zero-order chi connectivity index (χ0) is 34.9. The number of methoxy groups -OCH3 is 1. The van der Waals surface area contributed by atoms with Gasteiger partial charge in [0.05, 0.1) is 23.5 Å². The van der Waals surface area contributed by atoms with Crippen LogP contribution in [0.15, 0.2) is 48.7 Å². The van der Waals surface area contributed by atoms with E-state index in [9.17, 15) is 18.4 Å². The van der Waals surface area contributed by atoms with Gasteiger partial charge in [0.15, 0.2) is 5.82 Å². The Balaban J connectivity index is 1.15. The number of alkyl halides is 2. The Morgan fingerprint density at radius 2 is 1.73 bits per heavy atom. The molecular formula is C36H40ClF2N7O3. The molecule has 3 heterocycles. The molecule has 2 aromatic heterocycles. The Kier molecular flexibility index (Phi) is 10.0. The van der Waals surface area contributed by atoms with Crippen molar-refractivity contribution in [3.8, 4) is 16.9 Å². The molecule has 0 unspecified atom stereocenters. The van der Waals surface area contributed by atoms with Crippen molar-refractivity contribution in [1.82, 2.24) is 24.8 Å². The molecule has 1 fully saturated rings. The van der Waals surface area contributed by atoms with Crippen molar-refractivity contribution in [3.05, 3.63) is 87.7 Å². The Bertz CT molecular complexity index is 1890. The predicted octanol–water partition coefficient (Wildman–Crippen LogP) is 6.61. The van der Waals surface area contributed by atoms with Gasteiger partial charge in [-0.15, -0.1) is 0 Å². The minimum Gasteiger partial charge on any atom is -0.496 e. The standard InChI is InChI=1S/C36H40ClF2N7O3/c1-21-24(25-8-6-10-27(32(25)37)44-35(48)33-42-29-20-45(2)16-13-30(29)46(33)3)7-5-9-26(21)43-34(47)28-17-31(49-4)22(19-41-28)18-40-23-11-14-36(38,39)15-12-23/h5-10,17,19,23,40H,11-16,18,20H2,1-4H3,(H,43,47)(H,44,48). The number of fused-ring (bicyclic) bond motifs is 1. The first-order chi connectivity index (χ1) is 23.4. The molecule has 0 bridgehead atoms. The summed E-state index contributed by atoms with van der Waals surface area (Å²) in [4.78, 5) is 37.9. The first kappa shape index (κ1) is 34.5. The highest BCUT2D eigenvalue weighted by Crippen LogP contribution is 2.38. The average Bonchev–Trinajstić information content (AvgIpc) is 3.41. The highest BCUT2D eigenvalue weighted by Gasteiger charge is 2.34. The van der Waals surface area contributed by atoms with Crippen LogP contribution in [-0.2, 0) is 26.6 Å². The number of halogens is 3. The number of hydrogen-bond acceptors (Lipinski definition) is 7.